The van der Waals surface area contributed by atoms with Crippen LogP contribution in [0.2, 0.25) is 15.2 Å². The smallest absolute Gasteiger partial charge is 0.259 e. The highest BCUT2D eigenvalue weighted by Crippen LogP contribution is 2.31. The van der Waals surface area contributed by atoms with Crippen LogP contribution in [0.3, 0.4) is 0 Å². The highest BCUT2D eigenvalue weighted by atomic mass is 35.5. The van der Waals surface area contributed by atoms with Gasteiger partial charge in [0.25, 0.3) is 5.91 Å². The van der Waals surface area contributed by atoms with E-state index < -0.39 is 5.91 Å². The number of hydrogen-bond acceptors (Lipinski definition) is 5. The fourth-order valence-corrected chi connectivity index (χ4v) is 3.06. The average molecular weight is 386 g/mol. The number of amides is 1. The first-order valence-corrected chi connectivity index (χ1v) is 8.20. The number of benzene rings is 1. The van der Waals surface area contributed by atoms with Gasteiger partial charge in [-0.2, -0.15) is 0 Å². The van der Waals surface area contributed by atoms with Crippen LogP contribution in [0.1, 0.15) is 10.4 Å². The van der Waals surface area contributed by atoms with Crippen molar-refractivity contribution in [2.45, 2.75) is 0 Å². The SMILES string of the molecule is O=C(Nc1nnc(-c2ccccc2Cl)s1)c1cnc(Cl)c(Cl)c1. The molecule has 1 N–H and O–H groups in total. The summed E-state index contributed by atoms with van der Waals surface area (Å²) in [5, 5.41) is 12.5. The van der Waals surface area contributed by atoms with Crippen molar-refractivity contribution in [3.8, 4) is 10.6 Å². The van der Waals surface area contributed by atoms with Gasteiger partial charge >= 0.3 is 0 Å². The zero-order chi connectivity index (χ0) is 16.4. The Kier molecular flexibility index (Phi) is 4.77. The molecule has 0 spiro atoms. The quantitative estimate of drug-likeness (QED) is 0.657. The third kappa shape index (κ3) is 3.61. The van der Waals surface area contributed by atoms with Crippen LogP contribution in [0.4, 0.5) is 5.13 Å². The minimum atomic E-state index is -0.405. The molecule has 2 heterocycles. The molecular formula is C14H7Cl3N4OS. The minimum Gasteiger partial charge on any atom is -0.296 e. The summed E-state index contributed by atoms with van der Waals surface area (Å²) < 4.78 is 0. The summed E-state index contributed by atoms with van der Waals surface area (Å²) in [5.41, 5.74) is 1.03. The Labute approximate surface area is 150 Å². The maximum Gasteiger partial charge on any atom is 0.259 e. The lowest BCUT2D eigenvalue weighted by Crippen LogP contribution is -2.12. The molecule has 3 rings (SSSR count). The molecule has 1 amide bonds. The van der Waals surface area contributed by atoms with Crippen LogP contribution in [0.15, 0.2) is 36.5 Å². The molecule has 9 heteroatoms. The summed E-state index contributed by atoms with van der Waals surface area (Å²) in [6, 6.07) is 8.70. The number of rotatable bonds is 3. The highest BCUT2D eigenvalue weighted by molar-refractivity contribution is 7.18. The zero-order valence-corrected chi connectivity index (χ0v) is 14.3. The summed E-state index contributed by atoms with van der Waals surface area (Å²) in [6.07, 6.45) is 1.33. The van der Waals surface area contributed by atoms with Gasteiger partial charge in [-0.1, -0.05) is 64.3 Å². The first-order chi connectivity index (χ1) is 11.0. The summed E-state index contributed by atoms with van der Waals surface area (Å²) in [5.74, 6) is -0.405. The van der Waals surface area contributed by atoms with Gasteiger partial charge in [-0.05, 0) is 12.1 Å². The van der Waals surface area contributed by atoms with E-state index in [1.54, 1.807) is 6.07 Å². The standard InChI is InChI=1S/C14H7Cl3N4OS/c15-9-4-2-1-3-8(9)13-20-21-14(23-13)19-12(22)7-5-10(16)11(17)18-6-7/h1-6H,(H,19,21,22). The maximum absolute atomic E-state index is 12.2. The lowest BCUT2D eigenvalue weighted by atomic mass is 10.2. The lowest BCUT2D eigenvalue weighted by molar-refractivity contribution is 0.102. The summed E-state index contributed by atoms with van der Waals surface area (Å²) >= 11 is 18.9. The molecule has 0 aliphatic heterocycles. The molecule has 0 saturated heterocycles. The maximum atomic E-state index is 12.2. The van der Waals surface area contributed by atoms with E-state index in [1.165, 1.54) is 23.6 Å². The number of anilines is 1. The van der Waals surface area contributed by atoms with E-state index in [4.69, 9.17) is 34.8 Å². The monoisotopic (exact) mass is 384 g/mol. The molecule has 0 saturated carbocycles. The van der Waals surface area contributed by atoms with Crippen LogP contribution >= 0.6 is 46.1 Å². The molecule has 0 atom stereocenters. The van der Waals surface area contributed by atoms with Crippen molar-refractivity contribution in [1.82, 2.24) is 15.2 Å². The van der Waals surface area contributed by atoms with Gasteiger partial charge in [-0.15, -0.1) is 10.2 Å². The topological polar surface area (TPSA) is 67.8 Å². The van der Waals surface area contributed by atoms with Crippen molar-refractivity contribution < 1.29 is 4.79 Å². The van der Waals surface area contributed by atoms with Gasteiger partial charge in [0.15, 0.2) is 5.01 Å². The van der Waals surface area contributed by atoms with Gasteiger partial charge in [0.05, 0.1) is 15.6 Å². The molecular weight excluding hydrogens is 379 g/mol. The second-order valence-electron chi connectivity index (χ2n) is 4.34. The fraction of sp³-hybridized carbons (Fsp3) is 0. The Balaban J connectivity index is 1.80. The minimum absolute atomic E-state index is 0.139. The molecule has 2 aromatic heterocycles. The van der Waals surface area contributed by atoms with Crippen LogP contribution in [0.5, 0.6) is 0 Å². The Hall–Kier alpha value is -1.73. The van der Waals surface area contributed by atoms with Crippen molar-refractivity contribution in [2.24, 2.45) is 0 Å². The molecule has 3 aromatic rings. The second kappa shape index (κ2) is 6.80. The van der Waals surface area contributed by atoms with E-state index in [0.717, 1.165) is 5.56 Å². The van der Waals surface area contributed by atoms with Crippen LogP contribution < -0.4 is 5.32 Å². The number of halogens is 3. The number of nitrogens with zero attached hydrogens (tertiary/aromatic N) is 3. The zero-order valence-electron chi connectivity index (χ0n) is 11.3. The third-order valence-electron chi connectivity index (χ3n) is 2.81. The van der Waals surface area contributed by atoms with E-state index in [-0.39, 0.29) is 15.7 Å². The molecule has 0 aliphatic carbocycles. The number of aromatic nitrogens is 3. The number of nitrogens with one attached hydrogen (secondary N) is 1. The molecule has 0 aliphatic rings. The van der Waals surface area contributed by atoms with E-state index in [0.29, 0.717) is 15.2 Å². The largest absolute Gasteiger partial charge is 0.296 e. The first-order valence-electron chi connectivity index (χ1n) is 6.25. The van der Waals surface area contributed by atoms with Gasteiger partial charge < -0.3 is 0 Å². The number of carbonyl (C=O) groups is 1. The predicted octanol–water partition coefficient (Wildman–Crippen LogP) is 4.81. The van der Waals surface area contributed by atoms with Crippen molar-refractivity contribution in [1.29, 1.82) is 0 Å². The molecule has 5 nitrogen and oxygen atoms in total. The average Bonchev–Trinajstić information content (AvgIpc) is 2.98. The molecule has 0 fully saturated rings. The summed E-state index contributed by atoms with van der Waals surface area (Å²) in [7, 11) is 0. The van der Waals surface area contributed by atoms with E-state index in [9.17, 15) is 4.79 Å². The van der Waals surface area contributed by atoms with Crippen molar-refractivity contribution in [3.05, 3.63) is 57.3 Å². The number of pyridine rings is 1. The molecule has 116 valence electrons. The summed E-state index contributed by atoms with van der Waals surface area (Å²) in [4.78, 5) is 16.0. The number of carbonyl (C=O) groups excluding carboxylic acids is 1. The van der Waals surface area contributed by atoms with Crippen LogP contribution in [0, 0.1) is 0 Å². The van der Waals surface area contributed by atoms with Gasteiger partial charge in [0, 0.05) is 11.8 Å². The van der Waals surface area contributed by atoms with E-state index >= 15 is 0 Å². The molecule has 1 aromatic carbocycles. The van der Waals surface area contributed by atoms with Gasteiger partial charge in [-0.25, -0.2) is 4.98 Å². The Morgan fingerprint density at radius 2 is 1.87 bits per heavy atom. The molecule has 23 heavy (non-hydrogen) atoms. The van der Waals surface area contributed by atoms with Crippen LogP contribution in [-0.4, -0.2) is 21.1 Å². The van der Waals surface area contributed by atoms with E-state index in [2.05, 4.69) is 20.5 Å². The normalized spacial score (nSPS) is 10.6. The third-order valence-corrected chi connectivity index (χ3v) is 4.70. The molecule has 0 unspecified atom stereocenters. The van der Waals surface area contributed by atoms with Crippen molar-refractivity contribution in [2.75, 3.05) is 5.32 Å². The Morgan fingerprint density at radius 3 is 2.61 bits per heavy atom. The van der Waals surface area contributed by atoms with Gasteiger partial charge in [0.2, 0.25) is 5.13 Å². The lowest BCUT2D eigenvalue weighted by Gasteiger charge is -2.02. The molecule has 0 bridgehead atoms. The van der Waals surface area contributed by atoms with Crippen LogP contribution in [0.25, 0.3) is 10.6 Å². The Bertz CT molecular complexity index is 884. The molecule has 0 radical (unpaired) electrons. The van der Waals surface area contributed by atoms with Crippen LogP contribution in [-0.2, 0) is 0 Å². The second-order valence-corrected chi connectivity index (χ2v) is 6.49. The van der Waals surface area contributed by atoms with Crippen molar-refractivity contribution in [3.63, 3.8) is 0 Å². The van der Waals surface area contributed by atoms with Gasteiger partial charge in [-0.3, -0.25) is 10.1 Å². The first kappa shape index (κ1) is 16.1. The van der Waals surface area contributed by atoms with Crippen molar-refractivity contribution >= 4 is 57.2 Å². The van der Waals surface area contributed by atoms with E-state index in [1.807, 2.05) is 18.2 Å². The van der Waals surface area contributed by atoms with Gasteiger partial charge in [0.1, 0.15) is 5.15 Å². The predicted molar refractivity (Wildman–Crippen MR) is 92.6 cm³/mol. The Morgan fingerprint density at radius 1 is 1.09 bits per heavy atom. The fourth-order valence-electron chi connectivity index (χ4n) is 1.73. The number of hydrogen-bond donors (Lipinski definition) is 1. The summed E-state index contributed by atoms with van der Waals surface area (Å²) in [6.45, 7) is 0. The highest BCUT2D eigenvalue weighted by Gasteiger charge is 2.14.